The lowest BCUT2D eigenvalue weighted by Gasteiger charge is -2.25. The number of hydrogen-bond acceptors (Lipinski definition) is 6. The number of ether oxygens (including phenoxy) is 3. The summed E-state index contributed by atoms with van der Waals surface area (Å²) in [5.74, 6) is 0.827. The number of benzene rings is 2. The van der Waals surface area contributed by atoms with Crippen LogP contribution < -0.4 is 14.9 Å². The average Bonchev–Trinajstić information content (AvgIpc) is 3.04. The number of amides is 1. The van der Waals surface area contributed by atoms with Crippen LogP contribution in [0, 0.1) is 6.92 Å². The van der Waals surface area contributed by atoms with Crippen molar-refractivity contribution in [2.45, 2.75) is 13.0 Å². The van der Waals surface area contributed by atoms with Gasteiger partial charge in [-0.25, -0.2) is 0 Å². The van der Waals surface area contributed by atoms with Crippen LogP contribution in [-0.2, 0) is 4.74 Å². The lowest BCUT2D eigenvalue weighted by molar-refractivity contribution is 0.0663. The van der Waals surface area contributed by atoms with E-state index in [1.54, 1.807) is 50.5 Å². The Kier molecular flexibility index (Phi) is 5.22. The minimum absolute atomic E-state index is 0.0761. The van der Waals surface area contributed by atoms with Crippen LogP contribution in [0.3, 0.4) is 0 Å². The second kappa shape index (κ2) is 7.84. The number of fused-ring (bicyclic) bond motifs is 2. The molecule has 0 saturated carbocycles. The van der Waals surface area contributed by atoms with Crippen molar-refractivity contribution < 1.29 is 23.4 Å². The predicted octanol–water partition coefficient (Wildman–Crippen LogP) is 3.31. The van der Waals surface area contributed by atoms with E-state index in [0.717, 1.165) is 11.1 Å². The van der Waals surface area contributed by atoms with Gasteiger partial charge in [0.15, 0.2) is 16.9 Å². The van der Waals surface area contributed by atoms with E-state index in [9.17, 15) is 9.59 Å². The SMILES string of the molecule is COCCN1C(=O)c2oc3ccc(C)cc3c(=O)c2[C@@H]1c1ccc(OC)c(OC)c1. The van der Waals surface area contributed by atoms with Crippen LogP contribution in [0.1, 0.15) is 33.3 Å². The number of hydrogen-bond donors (Lipinski definition) is 0. The summed E-state index contributed by atoms with van der Waals surface area (Å²) >= 11 is 0. The number of carbonyl (C=O) groups excluding carboxylic acids is 1. The first-order valence-corrected chi connectivity index (χ1v) is 9.59. The molecule has 1 aliphatic rings. The highest BCUT2D eigenvalue weighted by Crippen LogP contribution is 2.40. The van der Waals surface area contributed by atoms with Crippen molar-refractivity contribution in [2.24, 2.45) is 0 Å². The first-order chi connectivity index (χ1) is 14.5. The van der Waals surface area contributed by atoms with Crippen molar-refractivity contribution in [3.8, 4) is 11.5 Å². The summed E-state index contributed by atoms with van der Waals surface area (Å²) < 4.78 is 21.9. The van der Waals surface area contributed by atoms with Gasteiger partial charge in [0.25, 0.3) is 5.91 Å². The average molecular weight is 409 g/mol. The molecule has 2 heterocycles. The van der Waals surface area contributed by atoms with E-state index >= 15 is 0 Å². The zero-order chi connectivity index (χ0) is 21.4. The van der Waals surface area contributed by atoms with Gasteiger partial charge in [-0.3, -0.25) is 9.59 Å². The summed E-state index contributed by atoms with van der Waals surface area (Å²) in [6.07, 6.45) is 0. The molecule has 0 N–H and O–H groups in total. The molecule has 0 spiro atoms. The minimum Gasteiger partial charge on any atom is -0.493 e. The summed E-state index contributed by atoms with van der Waals surface area (Å²) in [6.45, 7) is 2.55. The standard InChI is InChI=1S/C23H23NO6/c1-13-5-7-16-15(11-13)21(25)19-20(14-6-8-17(28-3)18(12-14)29-4)24(9-10-27-2)23(26)22(19)30-16/h5-8,11-12,20H,9-10H2,1-4H3/t20-/m0/s1. The first-order valence-electron chi connectivity index (χ1n) is 9.59. The van der Waals surface area contributed by atoms with Crippen LogP contribution in [0.15, 0.2) is 45.6 Å². The molecule has 7 heteroatoms. The molecular weight excluding hydrogens is 386 g/mol. The van der Waals surface area contributed by atoms with Crippen molar-refractivity contribution in [1.29, 1.82) is 0 Å². The monoisotopic (exact) mass is 409 g/mol. The zero-order valence-corrected chi connectivity index (χ0v) is 17.4. The number of aryl methyl sites for hydroxylation is 1. The molecule has 4 rings (SSSR count). The molecule has 1 aromatic heterocycles. The van der Waals surface area contributed by atoms with Crippen LogP contribution in [0.25, 0.3) is 11.0 Å². The number of nitrogens with zero attached hydrogens (tertiary/aromatic N) is 1. The fourth-order valence-electron chi connectivity index (χ4n) is 3.92. The first kappa shape index (κ1) is 20.0. The van der Waals surface area contributed by atoms with Gasteiger partial charge in [-0.05, 0) is 36.8 Å². The summed E-state index contributed by atoms with van der Waals surface area (Å²) in [6, 6.07) is 10.1. The number of methoxy groups -OCH3 is 3. The fraction of sp³-hybridized carbons (Fsp3) is 0.304. The van der Waals surface area contributed by atoms with E-state index in [0.29, 0.717) is 41.2 Å². The third-order valence-electron chi connectivity index (χ3n) is 5.38. The smallest absolute Gasteiger partial charge is 0.290 e. The molecule has 30 heavy (non-hydrogen) atoms. The third-order valence-corrected chi connectivity index (χ3v) is 5.38. The zero-order valence-electron chi connectivity index (χ0n) is 17.4. The summed E-state index contributed by atoms with van der Waals surface area (Å²) in [7, 11) is 4.67. The Hall–Kier alpha value is -3.32. The molecule has 0 radical (unpaired) electrons. The maximum atomic E-state index is 13.5. The van der Waals surface area contributed by atoms with E-state index in [1.165, 1.54) is 0 Å². The highest BCUT2D eigenvalue weighted by molar-refractivity contribution is 5.99. The molecule has 156 valence electrons. The van der Waals surface area contributed by atoms with Crippen LogP contribution in [0.4, 0.5) is 0 Å². The van der Waals surface area contributed by atoms with Gasteiger partial charge in [-0.2, -0.15) is 0 Å². The molecule has 0 saturated heterocycles. The summed E-state index contributed by atoms with van der Waals surface area (Å²) in [5.41, 5.74) is 2.20. The maximum absolute atomic E-state index is 13.5. The molecule has 0 aliphatic carbocycles. The van der Waals surface area contributed by atoms with Gasteiger partial charge < -0.3 is 23.5 Å². The Balaban J connectivity index is 1.96. The lowest BCUT2D eigenvalue weighted by Crippen LogP contribution is -2.32. The topological polar surface area (TPSA) is 78.2 Å². The van der Waals surface area contributed by atoms with Gasteiger partial charge >= 0.3 is 0 Å². The van der Waals surface area contributed by atoms with E-state index in [4.69, 9.17) is 18.6 Å². The van der Waals surface area contributed by atoms with Crippen LogP contribution in [0.5, 0.6) is 11.5 Å². The van der Waals surface area contributed by atoms with Crippen LogP contribution >= 0.6 is 0 Å². The van der Waals surface area contributed by atoms with Crippen molar-refractivity contribution in [2.75, 3.05) is 34.5 Å². The maximum Gasteiger partial charge on any atom is 0.290 e. The molecule has 0 bridgehead atoms. The third kappa shape index (κ3) is 3.11. The van der Waals surface area contributed by atoms with Crippen LogP contribution in [-0.4, -0.2) is 45.3 Å². The normalized spacial score (nSPS) is 15.5. The second-order valence-corrected chi connectivity index (χ2v) is 7.18. The van der Waals surface area contributed by atoms with Gasteiger partial charge in [-0.15, -0.1) is 0 Å². The molecule has 3 aromatic rings. The van der Waals surface area contributed by atoms with Gasteiger partial charge in [-0.1, -0.05) is 17.7 Å². The van der Waals surface area contributed by atoms with Crippen molar-refractivity contribution in [1.82, 2.24) is 4.90 Å². The van der Waals surface area contributed by atoms with Crippen molar-refractivity contribution in [3.63, 3.8) is 0 Å². The lowest BCUT2D eigenvalue weighted by atomic mass is 9.97. The van der Waals surface area contributed by atoms with Crippen molar-refractivity contribution >= 4 is 16.9 Å². The number of carbonyl (C=O) groups is 1. The Labute approximate surface area is 173 Å². The van der Waals surface area contributed by atoms with Crippen LogP contribution in [0.2, 0.25) is 0 Å². The van der Waals surface area contributed by atoms with Crippen molar-refractivity contribution in [3.05, 3.63) is 69.1 Å². The minimum atomic E-state index is -0.608. The van der Waals surface area contributed by atoms with E-state index in [-0.39, 0.29) is 17.1 Å². The van der Waals surface area contributed by atoms with E-state index < -0.39 is 6.04 Å². The second-order valence-electron chi connectivity index (χ2n) is 7.18. The van der Waals surface area contributed by atoms with Gasteiger partial charge in [0.2, 0.25) is 5.76 Å². The molecule has 1 atom stereocenters. The Morgan fingerprint density at radius 1 is 1.00 bits per heavy atom. The van der Waals surface area contributed by atoms with Gasteiger partial charge in [0.05, 0.1) is 37.8 Å². The Morgan fingerprint density at radius 3 is 2.47 bits per heavy atom. The highest BCUT2D eigenvalue weighted by Gasteiger charge is 2.42. The fourth-order valence-corrected chi connectivity index (χ4v) is 3.92. The Morgan fingerprint density at radius 2 is 1.77 bits per heavy atom. The summed E-state index contributed by atoms with van der Waals surface area (Å²) in [5, 5.41) is 0.459. The molecule has 1 aliphatic heterocycles. The molecule has 7 nitrogen and oxygen atoms in total. The predicted molar refractivity (Wildman–Crippen MR) is 112 cm³/mol. The largest absolute Gasteiger partial charge is 0.493 e. The molecule has 0 unspecified atom stereocenters. The quantitative estimate of drug-likeness (QED) is 0.622. The molecular formula is C23H23NO6. The Bertz CT molecular complexity index is 1180. The van der Waals surface area contributed by atoms with E-state index in [2.05, 4.69) is 0 Å². The van der Waals surface area contributed by atoms with Gasteiger partial charge in [0.1, 0.15) is 5.58 Å². The molecule has 1 amide bonds. The van der Waals surface area contributed by atoms with E-state index in [1.807, 2.05) is 19.1 Å². The summed E-state index contributed by atoms with van der Waals surface area (Å²) in [4.78, 5) is 28.3. The molecule has 0 fully saturated rings. The molecule has 2 aromatic carbocycles. The number of rotatable bonds is 6. The van der Waals surface area contributed by atoms with Gasteiger partial charge in [0, 0.05) is 13.7 Å². The highest BCUT2D eigenvalue weighted by atomic mass is 16.5.